The second kappa shape index (κ2) is 11.5. The van der Waals surface area contributed by atoms with E-state index in [1.807, 2.05) is 0 Å². The Bertz CT molecular complexity index is 1110. The molecule has 0 aromatic heterocycles. The number of carbonyl (C=O) groups excluding carboxylic acids is 1. The fraction of sp³-hybridized carbons (Fsp3) is 0.758. The van der Waals surface area contributed by atoms with Gasteiger partial charge in [-0.2, -0.15) is 0 Å². The monoisotopic (exact) mass is 571 g/mol. The molecule has 6 N–H and O–H groups in total. The van der Waals surface area contributed by atoms with E-state index in [0.717, 1.165) is 38.5 Å². The topological polar surface area (TPSA) is 147 Å². The quantitative estimate of drug-likeness (QED) is 0.277. The maximum atomic E-state index is 12.9. The van der Waals surface area contributed by atoms with Crippen molar-refractivity contribution in [3.63, 3.8) is 0 Å². The minimum absolute atomic E-state index is 0.0358. The molecule has 4 aliphatic rings. The van der Waals surface area contributed by atoms with Gasteiger partial charge in [0.25, 0.3) is 0 Å². The highest BCUT2D eigenvalue weighted by atomic mass is 16.4. The van der Waals surface area contributed by atoms with Crippen LogP contribution >= 0.6 is 0 Å². The summed E-state index contributed by atoms with van der Waals surface area (Å²) in [5.74, 6) is -0.00456. The summed E-state index contributed by atoms with van der Waals surface area (Å²) in [7, 11) is 0. The molecular formula is C33H49NO7. The first kappa shape index (κ1) is 30.3. The van der Waals surface area contributed by atoms with Crippen molar-refractivity contribution in [1.82, 2.24) is 5.32 Å². The first-order valence-electron chi connectivity index (χ1n) is 15.7. The number of phenolic OH excluding ortho intramolecular Hbond substituents is 1. The highest BCUT2D eigenvalue weighted by Gasteiger charge is 2.65. The van der Waals surface area contributed by atoms with Crippen molar-refractivity contribution >= 4 is 11.9 Å². The molecule has 1 aromatic rings. The van der Waals surface area contributed by atoms with E-state index in [2.05, 4.69) is 26.1 Å². The zero-order valence-corrected chi connectivity index (χ0v) is 24.7. The third-order valence-electron chi connectivity index (χ3n) is 12.4. The third-order valence-corrected chi connectivity index (χ3v) is 12.4. The molecule has 0 bridgehead atoms. The standard InChI is InChI=1S/C33H49NO7/c1-18(4-11-29(39)34-26(31(40)41)14-19-5-7-21(35)8-6-19)23-9-10-24-30-25(17-28(38)33(23,24)3)32(2)13-12-22(36)15-20(32)16-27(30)37/h5-8,18,20,22-28,30,35-38H,4,9-17H2,1-3H3,(H,34,39)(H,40,41). The van der Waals surface area contributed by atoms with Crippen molar-refractivity contribution < 1.29 is 35.1 Å². The lowest BCUT2D eigenvalue weighted by Gasteiger charge is -2.63. The molecule has 0 saturated heterocycles. The number of aromatic hydroxyl groups is 1. The Labute approximate surface area is 243 Å². The second-order valence-corrected chi connectivity index (χ2v) is 14.4. The summed E-state index contributed by atoms with van der Waals surface area (Å²) < 4.78 is 0. The van der Waals surface area contributed by atoms with E-state index in [1.165, 1.54) is 12.1 Å². The van der Waals surface area contributed by atoms with Crippen molar-refractivity contribution in [2.45, 2.75) is 109 Å². The Kier molecular flexibility index (Phi) is 8.50. The number of carbonyl (C=O) groups is 2. The Morgan fingerprint density at radius 2 is 1.71 bits per heavy atom. The van der Waals surface area contributed by atoms with Crippen LogP contribution in [-0.2, 0) is 16.0 Å². The van der Waals surface area contributed by atoms with Crippen LogP contribution in [0.2, 0.25) is 0 Å². The molecule has 4 fully saturated rings. The summed E-state index contributed by atoms with van der Waals surface area (Å²) >= 11 is 0. The lowest BCUT2D eigenvalue weighted by atomic mass is 9.43. The van der Waals surface area contributed by atoms with Crippen molar-refractivity contribution in [2.24, 2.45) is 46.3 Å². The Hall–Kier alpha value is -2.16. The van der Waals surface area contributed by atoms with E-state index < -0.39 is 24.2 Å². The van der Waals surface area contributed by atoms with Gasteiger partial charge in [-0.05, 0) is 115 Å². The summed E-state index contributed by atoms with van der Waals surface area (Å²) in [6.07, 6.45) is 5.58. The normalized spacial score (nSPS) is 41.4. The molecule has 0 radical (unpaired) electrons. The van der Waals surface area contributed by atoms with E-state index in [0.29, 0.717) is 18.4 Å². The molecule has 4 aliphatic carbocycles. The van der Waals surface area contributed by atoms with E-state index in [4.69, 9.17) is 0 Å². The number of aliphatic hydroxyl groups is 3. The molecule has 4 saturated carbocycles. The summed E-state index contributed by atoms with van der Waals surface area (Å²) in [5, 5.41) is 55.4. The molecule has 1 aromatic carbocycles. The van der Waals surface area contributed by atoms with Crippen molar-refractivity contribution in [3.8, 4) is 5.75 Å². The molecule has 8 nitrogen and oxygen atoms in total. The predicted octanol–water partition coefficient (Wildman–Crippen LogP) is 3.88. The van der Waals surface area contributed by atoms with Crippen LogP contribution in [0.5, 0.6) is 5.75 Å². The molecular weight excluding hydrogens is 522 g/mol. The summed E-state index contributed by atoms with van der Waals surface area (Å²) in [6.45, 7) is 6.69. The lowest BCUT2D eigenvalue weighted by Crippen LogP contribution is -2.62. The van der Waals surface area contributed by atoms with Crippen LogP contribution in [0.4, 0.5) is 0 Å². The van der Waals surface area contributed by atoms with Crippen LogP contribution in [0.1, 0.15) is 84.1 Å². The fourth-order valence-electron chi connectivity index (χ4n) is 10.0. The number of rotatable bonds is 8. The van der Waals surface area contributed by atoms with Gasteiger partial charge in [-0.15, -0.1) is 0 Å². The van der Waals surface area contributed by atoms with Crippen LogP contribution in [0, 0.1) is 46.3 Å². The van der Waals surface area contributed by atoms with E-state index in [-0.39, 0.29) is 76.9 Å². The number of hydrogen-bond donors (Lipinski definition) is 6. The van der Waals surface area contributed by atoms with Gasteiger partial charge in [0, 0.05) is 12.8 Å². The number of nitrogens with one attached hydrogen (secondary N) is 1. The number of aliphatic carboxylic acids is 1. The zero-order valence-electron chi connectivity index (χ0n) is 24.7. The van der Waals surface area contributed by atoms with Crippen LogP contribution < -0.4 is 5.32 Å². The van der Waals surface area contributed by atoms with Crippen molar-refractivity contribution in [1.29, 1.82) is 0 Å². The number of fused-ring (bicyclic) bond motifs is 5. The smallest absolute Gasteiger partial charge is 0.326 e. The molecule has 12 atom stereocenters. The van der Waals surface area contributed by atoms with E-state index >= 15 is 0 Å². The van der Waals surface area contributed by atoms with Crippen LogP contribution in [0.25, 0.3) is 0 Å². The summed E-state index contributed by atoms with van der Waals surface area (Å²) in [4.78, 5) is 24.7. The Morgan fingerprint density at radius 3 is 2.39 bits per heavy atom. The number of benzene rings is 1. The van der Waals surface area contributed by atoms with E-state index in [9.17, 15) is 35.1 Å². The minimum Gasteiger partial charge on any atom is -0.508 e. The lowest BCUT2D eigenvalue weighted by molar-refractivity contribution is -0.207. The molecule has 8 heteroatoms. The van der Waals surface area contributed by atoms with Gasteiger partial charge >= 0.3 is 5.97 Å². The van der Waals surface area contributed by atoms with Crippen molar-refractivity contribution in [2.75, 3.05) is 0 Å². The molecule has 0 spiro atoms. The highest BCUT2D eigenvalue weighted by Crippen LogP contribution is 2.68. The van der Waals surface area contributed by atoms with Gasteiger partial charge in [0.1, 0.15) is 11.8 Å². The zero-order chi connectivity index (χ0) is 29.7. The first-order valence-corrected chi connectivity index (χ1v) is 15.7. The SMILES string of the molecule is CC(CCC(=O)NC(Cc1ccc(O)cc1)C(=O)O)C1CCC2C3C(O)CC4CC(O)CCC4(C)C3CC(O)C12C. The largest absolute Gasteiger partial charge is 0.508 e. The number of phenols is 1. The van der Waals surface area contributed by atoms with Gasteiger partial charge in [0.05, 0.1) is 18.3 Å². The molecule has 0 heterocycles. The minimum atomic E-state index is -1.10. The van der Waals surface area contributed by atoms with Crippen LogP contribution in [0.3, 0.4) is 0 Å². The number of carboxylic acids is 1. The predicted molar refractivity (Wildman–Crippen MR) is 154 cm³/mol. The molecule has 12 unspecified atom stereocenters. The van der Waals surface area contributed by atoms with Crippen molar-refractivity contribution in [3.05, 3.63) is 29.8 Å². The molecule has 228 valence electrons. The van der Waals surface area contributed by atoms with Gasteiger partial charge < -0.3 is 30.8 Å². The van der Waals surface area contributed by atoms with Gasteiger partial charge in [0.2, 0.25) is 5.91 Å². The molecule has 1 amide bonds. The van der Waals surface area contributed by atoms with Gasteiger partial charge in [-0.1, -0.05) is 32.9 Å². The number of amides is 1. The molecule has 41 heavy (non-hydrogen) atoms. The Balaban J connectivity index is 1.23. The molecule has 0 aliphatic heterocycles. The summed E-state index contributed by atoms with van der Waals surface area (Å²) in [6, 6.07) is 5.25. The number of hydrogen-bond acceptors (Lipinski definition) is 6. The maximum absolute atomic E-state index is 12.9. The fourth-order valence-corrected chi connectivity index (χ4v) is 10.0. The van der Waals surface area contributed by atoms with Crippen LogP contribution in [0.15, 0.2) is 24.3 Å². The van der Waals surface area contributed by atoms with Gasteiger partial charge in [-0.25, -0.2) is 4.79 Å². The average molecular weight is 572 g/mol. The van der Waals surface area contributed by atoms with Gasteiger partial charge in [-0.3, -0.25) is 4.79 Å². The highest BCUT2D eigenvalue weighted by molar-refractivity contribution is 5.83. The summed E-state index contributed by atoms with van der Waals surface area (Å²) in [5.41, 5.74) is 0.416. The average Bonchev–Trinajstić information content (AvgIpc) is 3.28. The van der Waals surface area contributed by atoms with Crippen LogP contribution in [-0.4, -0.2) is 61.8 Å². The maximum Gasteiger partial charge on any atom is 0.326 e. The van der Waals surface area contributed by atoms with E-state index in [1.54, 1.807) is 12.1 Å². The number of aliphatic hydroxyl groups excluding tert-OH is 3. The first-order chi connectivity index (χ1) is 19.3. The Morgan fingerprint density at radius 1 is 1.00 bits per heavy atom. The third kappa shape index (κ3) is 5.52. The second-order valence-electron chi connectivity index (χ2n) is 14.4. The van der Waals surface area contributed by atoms with Gasteiger partial charge in [0.15, 0.2) is 0 Å². The molecule has 5 rings (SSSR count). The number of carboxylic acid groups (broad SMARTS) is 1.